The molecule has 1 saturated heterocycles. The number of para-hydroxylation sites is 2. The fraction of sp³-hybridized carbons (Fsp3) is 0.333. The van der Waals surface area contributed by atoms with Gasteiger partial charge in [-0.2, -0.15) is 4.31 Å². The number of halogens is 1. The first kappa shape index (κ1) is 28.9. The molecule has 5 rings (SSSR count). The van der Waals surface area contributed by atoms with Gasteiger partial charge in [0.1, 0.15) is 11.5 Å². The molecule has 0 aliphatic carbocycles. The Hall–Kier alpha value is -3.60. The summed E-state index contributed by atoms with van der Waals surface area (Å²) >= 11 is 6.26. The molecule has 0 unspecified atom stereocenters. The second-order valence-electron chi connectivity index (χ2n) is 9.95. The van der Waals surface area contributed by atoms with Crippen molar-refractivity contribution in [2.24, 2.45) is 5.92 Å². The molecule has 0 bridgehead atoms. The number of carbonyl (C=O) groups is 2. The molecule has 2 aliphatic rings. The summed E-state index contributed by atoms with van der Waals surface area (Å²) in [6.45, 7) is 2.89. The molecule has 11 heteroatoms. The van der Waals surface area contributed by atoms with Gasteiger partial charge in [0, 0.05) is 19.6 Å². The Labute approximate surface area is 245 Å². The number of sulfonamides is 1. The standard InChI is InChI=1S/C30H32ClN3O6S/c1-2-39-26-15-14-23(17-24(26)31)41(37,38)33-16-8-11-22(19-33)30(36)34-20-28(40-27-13-7-6-12-25(27)34)29(35)32-18-21-9-4-3-5-10-21/h3-7,9-10,12-15,17,22,28H,2,8,11,16,18-20H2,1H3,(H,32,35)/t22-,28-/m0/s1. The first-order chi connectivity index (χ1) is 19.8. The van der Waals surface area contributed by atoms with Crippen LogP contribution in [0.25, 0.3) is 0 Å². The van der Waals surface area contributed by atoms with E-state index in [0.717, 1.165) is 5.56 Å². The summed E-state index contributed by atoms with van der Waals surface area (Å²) in [7, 11) is -3.90. The largest absolute Gasteiger partial charge is 0.492 e. The molecule has 0 saturated carbocycles. The van der Waals surface area contributed by atoms with Crippen LogP contribution in [0.3, 0.4) is 0 Å². The summed E-state index contributed by atoms with van der Waals surface area (Å²) in [5.41, 5.74) is 1.50. The number of hydrogen-bond acceptors (Lipinski definition) is 6. The number of anilines is 1. The zero-order chi connectivity index (χ0) is 29.0. The number of carbonyl (C=O) groups excluding carboxylic acids is 2. The monoisotopic (exact) mass is 597 g/mol. The molecule has 1 N–H and O–H groups in total. The molecule has 2 heterocycles. The topological polar surface area (TPSA) is 105 Å². The molecule has 2 atom stereocenters. The second kappa shape index (κ2) is 12.5. The average Bonchev–Trinajstić information content (AvgIpc) is 3.00. The van der Waals surface area contributed by atoms with Crippen LogP contribution in [0, 0.1) is 5.92 Å². The summed E-state index contributed by atoms with van der Waals surface area (Å²) < 4.78 is 39.8. The lowest BCUT2D eigenvalue weighted by atomic mass is 9.97. The highest BCUT2D eigenvalue weighted by Crippen LogP contribution is 2.36. The lowest BCUT2D eigenvalue weighted by Gasteiger charge is -2.38. The summed E-state index contributed by atoms with van der Waals surface area (Å²) in [4.78, 5) is 28.6. The van der Waals surface area contributed by atoms with Gasteiger partial charge in [-0.15, -0.1) is 0 Å². The maximum absolute atomic E-state index is 13.9. The molecule has 0 radical (unpaired) electrons. The summed E-state index contributed by atoms with van der Waals surface area (Å²) in [5, 5.41) is 3.10. The quantitative estimate of drug-likeness (QED) is 0.416. The zero-order valence-electron chi connectivity index (χ0n) is 22.7. The lowest BCUT2D eigenvalue weighted by molar-refractivity contribution is -0.129. The van der Waals surface area contributed by atoms with Crippen LogP contribution in [0.5, 0.6) is 11.5 Å². The Morgan fingerprint density at radius 1 is 1.05 bits per heavy atom. The molecular formula is C30H32ClN3O6S. The highest BCUT2D eigenvalue weighted by molar-refractivity contribution is 7.89. The Bertz CT molecular complexity index is 1520. The first-order valence-electron chi connectivity index (χ1n) is 13.6. The molecule has 1 fully saturated rings. The number of ether oxygens (including phenoxy) is 2. The van der Waals surface area contributed by atoms with Crippen molar-refractivity contribution < 1.29 is 27.5 Å². The number of nitrogens with one attached hydrogen (secondary N) is 1. The van der Waals surface area contributed by atoms with Gasteiger partial charge in [-0.3, -0.25) is 9.59 Å². The molecule has 9 nitrogen and oxygen atoms in total. The van der Waals surface area contributed by atoms with Crippen molar-refractivity contribution in [1.82, 2.24) is 9.62 Å². The number of nitrogens with zero attached hydrogens (tertiary/aromatic N) is 2. The van der Waals surface area contributed by atoms with Crippen LogP contribution in [-0.4, -0.2) is 56.9 Å². The predicted molar refractivity (Wildman–Crippen MR) is 156 cm³/mol. The minimum Gasteiger partial charge on any atom is -0.492 e. The Balaban J connectivity index is 1.32. The van der Waals surface area contributed by atoms with Crippen LogP contribution in [0.2, 0.25) is 5.02 Å². The van der Waals surface area contributed by atoms with Gasteiger partial charge >= 0.3 is 0 Å². The minimum atomic E-state index is -3.90. The zero-order valence-corrected chi connectivity index (χ0v) is 24.2. The van der Waals surface area contributed by atoms with Gasteiger partial charge in [0.25, 0.3) is 5.91 Å². The van der Waals surface area contributed by atoms with E-state index in [4.69, 9.17) is 21.1 Å². The fourth-order valence-electron chi connectivity index (χ4n) is 5.12. The van der Waals surface area contributed by atoms with E-state index in [1.165, 1.54) is 16.4 Å². The average molecular weight is 598 g/mol. The molecule has 2 aliphatic heterocycles. The third-order valence-electron chi connectivity index (χ3n) is 7.22. The van der Waals surface area contributed by atoms with E-state index in [1.54, 1.807) is 35.2 Å². The van der Waals surface area contributed by atoms with Gasteiger partial charge in [0.2, 0.25) is 15.9 Å². The molecule has 41 heavy (non-hydrogen) atoms. The van der Waals surface area contributed by atoms with Gasteiger partial charge < -0.3 is 19.7 Å². The van der Waals surface area contributed by atoms with Crippen LogP contribution >= 0.6 is 11.6 Å². The van der Waals surface area contributed by atoms with Gasteiger partial charge in [0.05, 0.1) is 34.7 Å². The van der Waals surface area contributed by atoms with Crippen molar-refractivity contribution in [3.05, 3.63) is 83.4 Å². The predicted octanol–water partition coefficient (Wildman–Crippen LogP) is 4.25. The van der Waals surface area contributed by atoms with Gasteiger partial charge in [0.15, 0.2) is 6.10 Å². The SMILES string of the molecule is CCOc1ccc(S(=O)(=O)N2CCC[C@H](C(=O)N3C[C@@H](C(=O)NCc4ccccc4)Oc4ccccc43)C2)cc1Cl. The van der Waals surface area contributed by atoms with Gasteiger partial charge in [-0.1, -0.05) is 54.1 Å². The summed E-state index contributed by atoms with van der Waals surface area (Å²) in [5.74, 6) is -0.326. The van der Waals surface area contributed by atoms with Crippen LogP contribution in [-0.2, 0) is 26.2 Å². The van der Waals surface area contributed by atoms with E-state index >= 15 is 0 Å². The Morgan fingerprint density at radius 2 is 1.80 bits per heavy atom. The van der Waals surface area contributed by atoms with Crippen molar-refractivity contribution in [2.45, 2.75) is 37.3 Å². The third kappa shape index (κ3) is 6.34. The van der Waals surface area contributed by atoms with E-state index < -0.39 is 22.0 Å². The molecule has 216 valence electrons. The van der Waals surface area contributed by atoms with Crippen LogP contribution in [0.15, 0.2) is 77.7 Å². The molecule has 3 aromatic rings. The first-order valence-corrected chi connectivity index (χ1v) is 15.4. The molecule has 2 amide bonds. The number of fused-ring (bicyclic) bond motifs is 1. The molecule has 3 aromatic carbocycles. The number of amides is 2. The van der Waals surface area contributed by atoms with E-state index in [1.807, 2.05) is 37.3 Å². The van der Waals surface area contributed by atoms with Crippen molar-refractivity contribution in [2.75, 3.05) is 31.1 Å². The number of piperidine rings is 1. The van der Waals surface area contributed by atoms with Crippen LogP contribution in [0.4, 0.5) is 5.69 Å². The lowest BCUT2D eigenvalue weighted by Crippen LogP contribution is -2.53. The molecule has 0 spiro atoms. The van der Waals surface area contributed by atoms with Crippen molar-refractivity contribution in [3.63, 3.8) is 0 Å². The highest BCUT2D eigenvalue weighted by atomic mass is 35.5. The van der Waals surface area contributed by atoms with Gasteiger partial charge in [-0.05, 0) is 55.7 Å². The van der Waals surface area contributed by atoms with Crippen LogP contribution < -0.4 is 19.7 Å². The normalized spacial score (nSPS) is 19.1. The van der Waals surface area contributed by atoms with E-state index in [9.17, 15) is 18.0 Å². The molecular weight excluding hydrogens is 566 g/mol. The van der Waals surface area contributed by atoms with E-state index in [0.29, 0.717) is 49.7 Å². The maximum Gasteiger partial charge on any atom is 0.263 e. The fourth-order valence-corrected chi connectivity index (χ4v) is 6.98. The second-order valence-corrected chi connectivity index (χ2v) is 12.3. The minimum absolute atomic E-state index is 0.0220. The van der Waals surface area contributed by atoms with Crippen molar-refractivity contribution >= 4 is 39.1 Å². The highest BCUT2D eigenvalue weighted by Gasteiger charge is 2.40. The number of benzene rings is 3. The van der Waals surface area contributed by atoms with E-state index in [-0.39, 0.29) is 34.8 Å². The Morgan fingerprint density at radius 3 is 2.56 bits per heavy atom. The summed E-state index contributed by atoms with van der Waals surface area (Å²) in [6, 6.07) is 21.0. The van der Waals surface area contributed by atoms with Gasteiger partial charge in [-0.25, -0.2) is 8.42 Å². The smallest absolute Gasteiger partial charge is 0.263 e. The van der Waals surface area contributed by atoms with Crippen LogP contribution in [0.1, 0.15) is 25.3 Å². The summed E-state index contributed by atoms with van der Waals surface area (Å²) in [6.07, 6.45) is 0.138. The maximum atomic E-state index is 13.9. The van der Waals surface area contributed by atoms with Crippen molar-refractivity contribution in [3.8, 4) is 11.5 Å². The van der Waals surface area contributed by atoms with E-state index in [2.05, 4.69) is 5.32 Å². The number of hydrogen-bond donors (Lipinski definition) is 1. The third-order valence-corrected chi connectivity index (χ3v) is 9.37. The Kier molecular flexibility index (Phi) is 8.82. The van der Waals surface area contributed by atoms with Crippen molar-refractivity contribution in [1.29, 1.82) is 0 Å². The number of rotatable bonds is 8. The molecule has 0 aromatic heterocycles.